The van der Waals surface area contributed by atoms with Gasteiger partial charge in [0.1, 0.15) is 12.1 Å². The normalized spacial score (nSPS) is 19.9. The van der Waals surface area contributed by atoms with Gasteiger partial charge in [-0.05, 0) is 37.7 Å². The van der Waals surface area contributed by atoms with Crippen molar-refractivity contribution in [3.63, 3.8) is 0 Å². The Labute approximate surface area is 154 Å². The molecule has 0 bridgehead atoms. The molecule has 2 atom stereocenters. The van der Waals surface area contributed by atoms with Gasteiger partial charge in [-0.2, -0.15) is 4.98 Å². The lowest BCUT2D eigenvalue weighted by Crippen LogP contribution is -2.36. The van der Waals surface area contributed by atoms with Gasteiger partial charge in [-0.3, -0.25) is 9.69 Å². The summed E-state index contributed by atoms with van der Waals surface area (Å²) in [5.41, 5.74) is 1.10. The summed E-state index contributed by atoms with van der Waals surface area (Å²) in [6.45, 7) is 0.643. The molecule has 0 unspecified atom stereocenters. The first-order valence-electron chi connectivity index (χ1n) is 8.46. The van der Waals surface area contributed by atoms with Gasteiger partial charge in [-0.25, -0.2) is 14.4 Å². The van der Waals surface area contributed by atoms with Gasteiger partial charge in [0.15, 0.2) is 0 Å². The highest BCUT2D eigenvalue weighted by Crippen LogP contribution is 2.30. The predicted molar refractivity (Wildman–Crippen MR) is 93.0 cm³/mol. The van der Waals surface area contributed by atoms with E-state index in [4.69, 9.17) is 4.52 Å². The second-order valence-electron chi connectivity index (χ2n) is 6.45. The first-order chi connectivity index (χ1) is 13.1. The van der Waals surface area contributed by atoms with Crippen LogP contribution in [0.1, 0.15) is 28.7 Å². The zero-order valence-corrected chi connectivity index (χ0v) is 14.5. The van der Waals surface area contributed by atoms with Crippen molar-refractivity contribution in [3.8, 4) is 11.4 Å². The summed E-state index contributed by atoms with van der Waals surface area (Å²) < 4.78 is 18.4. The minimum atomic E-state index is -0.372. The maximum atomic E-state index is 13.0. The molecule has 138 valence electrons. The lowest BCUT2D eigenvalue weighted by molar-refractivity contribution is 0.0938. The summed E-state index contributed by atoms with van der Waals surface area (Å²) in [6.07, 6.45) is 5.30. The molecule has 0 spiro atoms. The minimum Gasteiger partial charge on any atom is -0.348 e. The van der Waals surface area contributed by atoms with E-state index in [0.29, 0.717) is 35.8 Å². The van der Waals surface area contributed by atoms with E-state index >= 15 is 0 Å². The molecule has 1 aliphatic heterocycles. The molecule has 1 amide bonds. The number of halogens is 1. The Hall–Kier alpha value is -3.20. The van der Waals surface area contributed by atoms with Crippen molar-refractivity contribution >= 4 is 5.91 Å². The number of hydrogen-bond donors (Lipinski definition) is 1. The van der Waals surface area contributed by atoms with Crippen molar-refractivity contribution in [1.29, 1.82) is 0 Å². The van der Waals surface area contributed by atoms with Gasteiger partial charge in [0.05, 0.1) is 11.6 Å². The molecule has 8 nitrogen and oxygen atoms in total. The fourth-order valence-electron chi connectivity index (χ4n) is 3.17. The van der Waals surface area contributed by atoms with Gasteiger partial charge in [0.25, 0.3) is 5.91 Å². The van der Waals surface area contributed by atoms with Crippen LogP contribution in [0.3, 0.4) is 0 Å². The number of likely N-dealkylation sites (tertiary alicyclic amines) is 1. The molecular weight excluding hydrogens is 351 g/mol. The van der Waals surface area contributed by atoms with Crippen LogP contribution >= 0.6 is 0 Å². The van der Waals surface area contributed by atoms with E-state index in [2.05, 4.69) is 25.4 Å². The van der Waals surface area contributed by atoms with Gasteiger partial charge in [0, 0.05) is 30.5 Å². The van der Waals surface area contributed by atoms with E-state index in [1.807, 2.05) is 11.9 Å². The lowest BCUT2D eigenvalue weighted by atomic mass is 10.1. The summed E-state index contributed by atoms with van der Waals surface area (Å²) in [5.74, 6) is 0.303. The number of nitrogens with zero attached hydrogens (tertiary/aromatic N) is 5. The first-order valence-corrected chi connectivity index (χ1v) is 8.46. The SMILES string of the molecule is CN1C[C@@H](NC(=O)c2ccc(F)cc2)C[C@H]1c1nc(-c2cncnc2)no1. The summed E-state index contributed by atoms with van der Waals surface area (Å²) in [7, 11) is 1.93. The number of hydrogen-bond acceptors (Lipinski definition) is 7. The zero-order chi connectivity index (χ0) is 18.8. The Morgan fingerprint density at radius 1 is 1.26 bits per heavy atom. The Balaban J connectivity index is 1.43. The fourth-order valence-corrected chi connectivity index (χ4v) is 3.17. The zero-order valence-electron chi connectivity index (χ0n) is 14.5. The molecule has 2 aromatic heterocycles. The van der Waals surface area contributed by atoms with Crippen LogP contribution in [-0.2, 0) is 0 Å². The minimum absolute atomic E-state index is 0.0760. The average molecular weight is 368 g/mol. The van der Waals surface area contributed by atoms with E-state index in [0.717, 1.165) is 0 Å². The molecule has 9 heteroatoms. The Morgan fingerprint density at radius 3 is 2.74 bits per heavy atom. The second-order valence-corrected chi connectivity index (χ2v) is 6.45. The molecule has 0 saturated carbocycles. The number of aromatic nitrogens is 4. The van der Waals surface area contributed by atoms with Crippen LogP contribution in [0.15, 0.2) is 47.5 Å². The van der Waals surface area contributed by atoms with Gasteiger partial charge < -0.3 is 9.84 Å². The monoisotopic (exact) mass is 368 g/mol. The van der Waals surface area contributed by atoms with Crippen molar-refractivity contribution in [2.45, 2.75) is 18.5 Å². The van der Waals surface area contributed by atoms with E-state index in [9.17, 15) is 9.18 Å². The molecule has 0 aliphatic carbocycles. The molecule has 1 N–H and O–H groups in total. The number of carbonyl (C=O) groups is 1. The standard InChI is InChI=1S/C18H17FN6O2/c1-25-9-14(22-17(26)11-2-4-13(19)5-3-11)6-15(25)18-23-16(24-27-18)12-7-20-10-21-8-12/h2-5,7-8,10,14-15H,6,9H2,1H3,(H,22,26)/t14-,15-/m0/s1. The van der Waals surface area contributed by atoms with Gasteiger partial charge in [-0.15, -0.1) is 0 Å². The first kappa shape index (κ1) is 17.2. The third-order valence-corrected chi connectivity index (χ3v) is 4.54. The van der Waals surface area contributed by atoms with E-state index in [-0.39, 0.29) is 23.8 Å². The smallest absolute Gasteiger partial charge is 0.251 e. The molecular formula is C18H17FN6O2. The molecule has 1 fully saturated rings. The summed E-state index contributed by atoms with van der Waals surface area (Å²) in [5, 5.41) is 6.96. The van der Waals surface area contributed by atoms with E-state index < -0.39 is 0 Å². The lowest BCUT2D eigenvalue weighted by Gasteiger charge is -2.14. The average Bonchev–Trinajstić information content (AvgIpc) is 3.29. The third-order valence-electron chi connectivity index (χ3n) is 4.54. The van der Waals surface area contributed by atoms with Gasteiger partial charge in [-0.1, -0.05) is 5.16 Å². The van der Waals surface area contributed by atoms with Crippen LogP contribution in [0.25, 0.3) is 11.4 Å². The van der Waals surface area contributed by atoms with Crippen LogP contribution < -0.4 is 5.32 Å². The second kappa shape index (κ2) is 7.20. The Bertz CT molecular complexity index is 931. The molecule has 1 saturated heterocycles. The number of benzene rings is 1. The van der Waals surface area contributed by atoms with Gasteiger partial charge in [0.2, 0.25) is 11.7 Å². The molecule has 3 heterocycles. The highest BCUT2D eigenvalue weighted by atomic mass is 19.1. The van der Waals surface area contributed by atoms with Crippen molar-refractivity contribution in [2.75, 3.05) is 13.6 Å². The van der Waals surface area contributed by atoms with Crippen molar-refractivity contribution in [2.24, 2.45) is 0 Å². The number of likely N-dealkylation sites (N-methyl/N-ethyl adjacent to an activating group) is 1. The summed E-state index contributed by atoms with van der Waals surface area (Å²) >= 11 is 0. The largest absolute Gasteiger partial charge is 0.348 e. The molecule has 1 aromatic carbocycles. The predicted octanol–water partition coefficient (Wildman–Crippen LogP) is 1.84. The third kappa shape index (κ3) is 3.68. The number of nitrogens with one attached hydrogen (secondary N) is 1. The van der Waals surface area contributed by atoms with E-state index in [1.54, 1.807) is 12.4 Å². The molecule has 3 aromatic rings. The summed E-state index contributed by atoms with van der Waals surface area (Å²) in [6, 6.07) is 5.29. The van der Waals surface area contributed by atoms with Crippen LogP contribution in [0.2, 0.25) is 0 Å². The number of rotatable bonds is 4. The number of carbonyl (C=O) groups excluding carboxylic acids is 1. The fraction of sp³-hybridized carbons (Fsp3) is 0.278. The molecule has 4 rings (SSSR count). The van der Waals surface area contributed by atoms with Crippen molar-refractivity contribution < 1.29 is 13.7 Å². The molecule has 0 radical (unpaired) electrons. The van der Waals surface area contributed by atoms with Crippen LogP contribution in [0.4, 0.5) is 4.39 Å². The Morgan fingerprint density at radius 2 is 2.00 bits per heavy atom. The quantitative estimate of drug-likeness (QED) is 0.750. The van der Waals surface area contributed by atoms with Crippen LogP contribution in [-0.4, -0.2) is 50.5 Å². The van der Waals surface area contributed by atoms with E-state index in [1.165, 1.54) is 30.6 Å². The maximum Gasteiger partial charge on any atom is 0.251 e. The highest BCUT2D eigenvalue weighted by molar-refractivity contribution is 5.94. The maximum absolute atomic E-state index is 13.0. The van der Waals surface area contributed by atoms with Crippen LogP contribution in [0, 0.1) is 5.82 Å². The van der Waals surface area contributed by atoms with Crippen molar-refractivity contribution in [3.05, 3.63) is 60.3 Å². The highest BCUT2D eigenvalue weighted by Gasteiger charge is 2.35. The number of amides is 1. The van der Waals surface area contributed by atoms with Gasteiger partial charge >= 0.3 is 0 Å². The summed E-state index contributed by atoms with van der Waals surface area (Å²) in [4.78, 5) is 26.7. The topological polar surface area (TPSA) is 97.0 Å². The Kier molecular flexibility index (Phi) is 4.59. The molecule has 1 aliphatic rings. The van der Waals surface area contributed by atoms with Crippen LogP contribution in [0.5, 0.6) is 0 Å². The molecule has 27 heavy (non-hydrogen) atoms. The van der Waals surface area contributed by atoms with Crippen molar-refractivity contribution in [1.82, 2.24) is 30.3 Å².